The summed E-state index contributed by atoms with van der Waals surface area (Å²) < 4.78 is 7.30. The second-order valence-electron chi connectivity index (χ2n) is 9.13. The van der Waals surface area contributed by atoms with Crippen molar-refractivity contribution in [1.29, 1.82) is 0 Å². The number of fused-ring (bicyclic) bond motifs is 1. The van der Waals surface area contributed by atoms with Gasteiger partial charge in [-0.3, -0.25) is 24.3 Å². The van der Waals surface area contributed by atoms with Crippen molar-refractivity contribution in [2.45, 2.75) is 33.0 Å². The summed E-state index contributed by atoms with van der Waals surface area (Å²) in [5, 5.41) is 10.0. The number of amides is 2. The van der Waals surface area contributed by atoms with Gasteiger partial charge in [0.05, 0.1) is 64.2 Å². The number of thiazole rings is 1. The van der Waals surface area contributed by atoms with Crippen LogP contribution in [-0.4, -0.2) is 68.1 Å². The van der Waals surface area contributed by atoms with Gasteiger partial charge in [-0.1, -0.05) is 0 Å². The van der Waals surface area contributed by atoms with E-state index in [1.807, 2.05) is 13.8 Å². The smallest absolute Gasteiger partial charge is 0.260 e. The van der Waals surface area contributed by atoms with Crippen molar-refractivity contribution in [2.75, 3.05) is 30.3 Å². The summed E-state index contributed by atoms with van der Waals surface area (Å²) in [5.74, 6) is -0.528. The van der Waals surface area contributed by atoms with Gasteiger partial charge in [0.1, 0.15) is 4.83 Å². The maximum Gasteiger partial charge on any atom is 0.260 e. The van der Waals surface area contributed by atoms with Crippen molar-refractivity contribution in [3.63, 3.8) is 0 Å². The minimum Gasteiger partial charge on any atom is -0.373 e. The van der Waals surface area contributed by atoms with E-state index in [-0.39, 0.29) is 36.1 Å². The van der Waals surface area contributed by atoms with Gasteiger partial charge in [0, 0.05) is 25.5 Å². The Balaban J connectivity index is 1.30. The zero-order valence-electron chi connectivity index (χ0n) is 20.6. The average molecular weight is 522 g/mol. The molecule has 1 saturated heterocycles. The third-order valence-corrected chi connectivity index (χ3v) is 7.15. The first-order chi connectivity index (χ1) is 17.8. The van der Waals surface area contributed by atoms with Crippen LogP contribution in [0.2, 0.25) is 0 Å². The van der Waals surface area contributed by atoms with Gasteiger partial charge >= 0.3 is 0 Å². The first-order valence-electron chi connectivity index (χ1n) is 11.9. The second kappa shape index (κ2) is 10.2. The number of H-pyrrole nitrogens is 1. The molecule has 1 aliphatic heterocycles. The summed E-state index contributed by atoms with van der Waals surface area (Å²) in [7, 11) is 0. The van der Waals surface area contributed by atoms with E-state index in [0.29, 0.717) is 51.0 Å². The van der Waals surface area contributed by atoms with E-state index in [9.17, 15) is 14.4 Å². The van der Waals surface area contributed by atoms with Crippen LogP contribution in [0.1, 0.15) is 29.9 Å². The maximum absolute atomic E-state index is 13.2. The van der Waals surface area contributed by atoms with Gasteiger partial charge in [-0.25, -0.2) is 4.52 Å². The number of aromatic nitrogens is 4. The fourth-order valence-electron chi connectivity index (χ4n) is 4.42. The highest BCUT2D eigenvalue weighted by molar-refractivity contribution is 7.21. The predicted octanol–water partition coefficient (Wildman–Crippen LogP) is 2.75. The lowest BCUT2D eigenvalue weighted by Gasteiger charge is -2.34. The number of carbonyl (C=O) groups is 2. The highest BCUT2D eigenvalue weighted by Gasteiger charge is 2.24. The molecular formula is C25H27N7O4S. The normalized spacial score (nSPS) is 18.1. The molecule has 2 unspecified atom stereocenters. The van der Waals surface area contributed by atoms with Gasteiger partial charge in [-0.15, -0.1) is 11.3 Å². The van der Waals surface area contributed by atoms with Crippen molar-refractivity contribution in [1.82, 2.24) is 24.5 Å². The van der Waals surface area contributed by atoms with Crippen molar-refractivity contribution in [3.8, 4) is 10.4 Å². The Morgan fingerprint density at radius 3 is 2.76 bits per heavy atom. The molecule has 1 fully saturated rings. The van der Waals surface area contributed by atoms with Crippen LogP contribution in [0.4, 0.5) is 11.4 Å². The number of pyridine rings is 2. The second-order valence-corrected chi connectivity index (χ2v) is 10.2. The summed E-state index contributed by atoms with van der Waals surface area (Å²) >= 11 is 1.30. The zero-order chi connectivity index (χ0) is 26.1. The zero-order valence-corrected chi connectivity index (χ0v) is 21.5. The standard InChI is InChI=1S/C25H27N7O4S/c1-14-10-31(11-15(2)36-14)13-22(33)29-17-7-20(16(3)27-8-17)30-24(35)19-9-28-32-12-21(37-25(19)32)18-5-4-6-26-23(18)34/h4-9,12,14-15H,10-11,13H2,1-3H3,(H,26,34)(H,29,33)(H,30,35). The highest BCUT2D eigenvalue weighted by atomic mass is 32.1. The molecule has 37 heavy (non-hydrogen) atoms. The molecule has 0 aromatic carbocycles. The molecule has 0 aliphatic carbocycles. The summed E-state index contributed by atoms with van der Waals surface area (Å²) in [5.41, 5.74) is 2.24. The Labute approximate surface area is 216 Å². The molecule has 3 N–H and O–H groups in total. The van der Waals surface area contributed by atoms with Gasteiger partial charge in [-0.05, 0) is 39.0 Å². The van der Waals surface area contributed by atoms with E-state index in [4.69, 9.17) is 4.74 Å². The van der Waals surface area contributed by atoms with Crippen molar-refractivity contribution in [2.24, 2.45) is 0 Å². The number of nitrogens with zero attached hydrogens (tertiary/aromatic N) is 4. The van der Waals surface area contributed by atoms with Crippen LogP contribution in [0.5, 0.6) is 0 Å². The molecule has 11 nitrogen and oxygen atoms in total. The number of anilines is 2. The van der Waals surface area contributed by atoms with Crippen LogP contribution in [0, 0.1) is 6.92 Å². The largest absolute Gasteiger partial charge is 0.373 e. The van der Waals surface area contributed by atoms with Crippen molar-refractivity contribution < 1.29 is 14.3 Å². The van der Waals surface area contributed by atoms with Crippen LogP contribution < -0.4 is 16.2 Å². The van der Waals surface area contributed by atoms with Gasteiger partial charge in [-0.2, -0.15) is 5.10 Å². The molecule has 192 valence electrons. The minimum atomic E-state index is -0.366. The first-order valence-corrected chi connectivity index (χ1v) is 12.7. The van der Waals surface area contributed by atoms with Crippen LogP contribution >= 0.6 is 11.3 Å². The fraction of sp³-hybridized carbons (Fsp3) is 0.320. The molecule has 5 heterocycles. The number of rotatable bonds is 6. The number of ether oxygens (including phenoxy) is 1. The molecule has 1 aliphatic rings. The van der Waals surface area contributed by atoms with Crippen LogP contribution in [0.15, 0.2) is 47.8 Å². The number of hydrogen-bond acceptors (Lipinski definition) is 8. The Morgan fingerprint density at radius 2 is 2.00 bits per heavy atom. The molecule has 4 aromatic rings. The summed E-state index contributed by atoms with van der Waals surface area (Å²) in [4.78, 5) is 48.3. The van der Waals surface area contributed by atoms with Gasteiger partial charge in [0.25, 0.3) is 11.5 Å². The van der Waals surface area contributed by atoms with E-state index in [0.717, 1.165) is 0 Å². The SMILES string of the molecule is Cc1ncc(NC(=O)CN2CC(C)OC(C)C2)cc1NC(=O)c1cnn2cc(-c3ccc[nH]c3=O)sc12. The first kappa shape index (κ1) is 24.8. The predicted molar refractivity (Wildman–Crippen MR) is 141 cm³/mol. The van der Waals surface area contributed by atoms with Crippen LogP contribution in [0.25, 0.3) is 15.3 Å². The topological polar surface area (TPSA) is 134 Å². The number of aromatic amines is 1. The molecule has 0 spiro atoms. The van der Waals surface area contributed by atoms with E-state index in [1.165, 1.54) is 17.5 Å². The molecular weight excluding hydrogens is 494 g/mol. The number of aryl methyl sites for hydroxylation is 1. The molecule has 2 atom stereocenters. The average Bonchev–Trinajstić information content (AvgIpc) is 3.42. The number of hydrogen-bond donors (Lipinski definition) is 3. The maximum atomic E-state index is 13.2. The lowest BCUT2D eigenvalue weighted by atomic mass is 10.2. The van der Waals surface area contributed by atoms with Gasteiger partial charge in [0.2, 0.25) is 5.91 Å². The lowest BCUT2D eigenvalue weighted by molar-refractivity contribution is -0.121. The molecule has 0 radical (unpaired) electrons. The van der Waals surface area contributed by atoms with Crippen molar-refractivity contribution in [3.05, 3.63) is 64.6 Å². The number of carbonyl (C=O) groups excluding carboxylic acids is 2. The van der Waals surface area contributed by atoms with E-state index in [1.54, 1.807) is 48.2 Å². The number of nitrogens with one attached hydrogen (secondary N) is 3. The summed E-state index contributed by atoms with van der Waals surface area (Å²) in [6, 6.07) is 5.15. The van der Waals surface area contributed by atoms with E-state index >= 15 is 0 Å². The van der Waals surface area contributed by atoms with Gasteiger partial charge < -0.3 is 20.4 Å². The minimum absolute atomic E-state index is 0.0718. The monoisotopic (exact) mass is 521 g/mol. The van der Waals surface area contributed by atoms with E-state index in [2.05, 4.69) is 30.6 Å². The lowest BCUT2D eigenvalue weighted by Crippen LogP contribution is -2.48. The van der Waals surface area contributed by atoms with E-state index < -0.39 is 0 Å². The molecule has 2 amide bonds. The molecule has 12 heteroatoms. The van der Waals surface area contributed by atoms with Crippen LogP contribution in [-0.2, 0) is 9.53 Å². The highest BCUT2D eigenvalue weighted by Crippen LogP contribution is 2.29. The number of morpholine rings is 1. The summed E-state index contributed by atoms with van der Waals surface area (Å²) in [6.45, 7) is 7.38. The fourth-order valence-corrected chi connectivity index (χ4v) is 5.50. The molecule has 4 aromatic heterocycles. The molecule has 0 saturated carbocycles. The van der Waals surface area contributed by atoms with Crippen LogP contribution in [0.3, 0.4) is 0 Å². The third kappa shape index (κ3) is 5.45. The molecule has 5 rings (SSSR count). The van der Waals surface area contributed by atoms with Gasteiger partial charge in [0.15, 0.2) is 0 Å². The Hall–Kier alpha value is -3.87. The molecule has 0 bridgehead atoms. The van der Waals surface area contributed by atoms with Crippen molar-refractivity contribution >= 4 is 39.4 Å². The third-order valence-electron chi connectivity index (χ3n) is 6.01. The Bertz CT molecular complexity index is 1510. The Morgan fingerprint density at radius 1 is 1.22 bits per heavy atom. The summed E-state index contributed by atoms with van der Waals surface area (Å²) in [6.07, 6.45) is 6.48. The quantitative estimate of drug-likeness (QED) is 0.355. The Kier molecular flexibility index (Phi) is 6.87.